The first-order valence-corrected chi connectivity index (χ1v) is 10.3. The molecule has 0 saturated carbocycles. The number of hydrogen-bond donors (Lipinski definition) is 0. The molecule has 0 spiro atoms. The Balaban J connectivity index is 1.26. The average molecular weight is 378 g/mol. The van der Waals surface area contributed by atoms with Crippen molar-refractivity contribution in [2.24, 2.45) is 0 Å². The number of rotatable bonds is 5. The molecule has 138 valence electrons. The van der Waals surface area contributed by atoms with Gasteiger partial charge in [0.05, 0.1) is 5.75 Å². The van der Waals surface area contributed by atoms with Crippen molar-refractivity contribution in [1.82, 2.24) is 14.8 Å². The molecule has 0 unspecified atom stereocenters. The third-order valence-electron chi connectivity index (χ3n) is 4.96. The summed E-state index contributed by atoms with van der Waals surface area (Å²) in [6.45, 7) is 4.39. The number of aromatic nitrogens is 1. The van der Waals surface area contributed by atoms with Crippen molar-refractivity contribution in [2.75, 3.05) is 31.9 Å². The summed E-state index contributed by atoms with van der Waals surface area (Å²) in [5, 5.41) is 2.46. The Hall–Kier alpha value is -2.37. The molecule has 1 aromatic heterocycles. The third kappa shape index (κ3) is 4.67. The maximum Gasteiger partial charge on any atom is 0.233 e. The maximum atomic E-state index is 12.6. The average Bonchev–Trinajstić information content (AvgIpc) is 2.73. The van der Waals surface area contributed by atoms with Crippen LogP contribution in [-0.4, -0.2) is 52.6 Å². The van der Waals surface area contributed by atoms with Crippen molar-refractivity contribution in [3.63, 3.8) is 0 Å². The number of piperazine rings is 1. The second-order valence-electron chi connectivity index (χ2n) is 6.81. The lowest BCUT2D eigenvalue weighted by Crippen LogP contribution is -2.48. The highest BCUT2D eigenvalue weighted by molar-refractivity contribution is 8.00. The van der Waals surface area contributed by atoms with E-state index >= 15 is 0 Å². The van der Waals surface area contributed by atoms with Crippen molar-refractivity contribution < 1.29 is 4.79 Å². The number of hydrogen-bond acceptors (Lipinski definition) is 4. The lowest BCUT2D eigenvalue weighted by atomic mass is 10.1. The van der Waals surface area contributed by atoms with Crippen molar-refractivity contribution >= 4 is 28.4 Å². The monoisotopic (exact) mass is 377 g/mol. The van der Waals surface area contributed by atoms with Crippen molar-refractivity contribution in [1.29, 1.82) is 0 Å². The van der Waals surface area contributed by atoms with Gasteiger partial charge in [-0.15, -0.1) is 11.8 Å². The maximum absolute atomic E-state index is 12.6. The number of carbonyl (C=O) groups excluding carboxylic acids is 1. The molecule has 0 aliphatic carbocycles. The molecule has 27 heavy (non-hydrogen) atoms. The Morgan fingerprint density at radius 1 is 0.926 bits per heavy atom. The van der Waals surface area contributed by atoms with E-state index in [1.54, 1.807) is 11.8 Å². The highest BCUT2D eigenvalue weighted by Crippen LogP contribution is 2.24. The molecule has 5 heteroatoms. The first-order chi connectivity index (χ1) is 13.3. The van der Waals surface area contributed by atoms with Crippen molar-refractivity contribution in [3.05, 3.63) is 72.6 Å². The fourth-order valence-electron chi connectivity index (χ4n) is 3.40. The predicted octanol–water partition coefficient (Wildman–Crippen LogP) is 3.67. The van der Waals surface area contributed by atoms with Crippen LogP contribution in [0.3, 0.4) is 0 Å². The van der Waals surface area contributed by atoms with E-state index in [4.69, 9.17) is 0 Å². The summed E-state index contributed by atoms with van der Waals surface area (Å²) in [4.78, 5) is 22.2. The van der Waals surface area contributed by atoms with Gasteiger partial charge in [0.2, 0.25) is 5.91 Å². The summed E-state index contributed by atoms with van der Waals surface area (Å²) in [6, 6.07) is 18.8. The molecule has 4 nitrogen and oxygen atoms in total. The Labute approximate surface area is 164 Å². The summed E-state index contributed by atoms with van der Waals surface area (Å²) < 4.78 is 0. The highest BCUT2D eigenvalue weighted by atomic mass is 32.2. The van der Waals surface area contributed by atoms with Crippen LogP contribution >= 0.6 is 11.8 Å². The Morgan fingerprint density at radius 2 is 1.67 bits per heavy atom. The standard InChI is InChI=1S/C22H23N3OS/c26-22(17-27-21-6-5-19-3-1-2-4-20(19)15-21)25-13-11-24(12-14-25)16-18-7-9-23-10-8-18/h1-10,15H,11-14,16-17H2. The summed E-state index contributed by atoms with van der Waals surface area (Å²) >= 11 is 1.63. The first-order valence-electron chi connectivity index (χ1n) is 9.28. The molecule has 0 atom stereocenters. The quantitative estimate of drug-likeness (QED) is 0.636. The third-order valence-corrected chi connectivity index (χ3v) is 5.94. The van der Waals surface area contributed by atoms with Crippen molar-refractivity contribution in [2.45, 2.75) is 11.4 Å². The number of amides is 1. The van der Waals surface area contributed by atoms with Crippen LogP contribution in [0.4, 0.5) is 0 Å². The zero-order valence-corrected chi connectivity index (χ0v) is 16.1. The van der Waals surface area contributed by atoms with E-state index in [0.29, 0.717) is 5.75 Å². The summed E-state index contributed by atoms with van der Waals surface area (Å²) in [6.07, 6.45) is 3.66. The molecule has 0 radical (unpaired) electrons. The van der Waals surface area contributed by atoms with Gasteiger partial charge in [-0.25, -0.2) is 0 Å². The van der Waals surface area contributed by atoms with Crippen LogP contribution in [0.5, 0.6) is 0 Å². The van der Waals surface area contributed by atoms with E-state index in [0.717, 1.165) is 37.6 Å². The molecule has 0 bridgehead atoms. The molecule has 1 saturated heterocycles. The van der Waals surface area contributed by atoms with Crippen LogP contribution in [0.25, 0.3) is 10.8 Å². The molecule has 1 amide bonds. The van der Waals surface area contributed by atoms with Crippen LogP contribution in [0.2, 0.25) is 0 Å². The molecular weight excluding hydrogens is 354 g/mol. The molecule has 0 N–H and O–H groups in total. The highest BCUT2D eigenvalue weighted by Gasteiger charge is 2.21. The van der Waals surface area contributed by atoms with E-state index in [1.165, 1.54) is 16.3 Å². The van der Waals surface area contributed by atoms with Crippen LogP contribution in [0.1, 0.15) is 5.56 Å². The van der Waals surface area contributed by atoms with E-state index in [1.807, 2.05) is 29.4 Å². The number of benzene rings is 2. The summed E-state index contributed by atoms with van der Waals surface area (Å²) in [5.41, 5.74) is 1.27. The Kier molecular flexibility index (Phi) is 5.70. The zero-order chi connectivity index (χ0) is 18.5. The number of thioether (sulfide) groups is 1. The molecule has 3 aromatic rings. The van der Waals surface area contributed by atoms with Crippen LogP contribution in [-0.2, 0) is 11.3 Å². The minimum atomic E-state index is 0.233. The fraction of sp³-hybridized carbons (Fsp3) is 0.273. The first kappa shape index (κ1) is 18.0. The molecule has 1 aliphatic heterocycles. The largest absolute Gasteiger partial charge is 0.339 e. The predicted molar refractivity (Wildman–Crippen MR) is 111 cm³/mol. The number of pyridine rings is 1. The zero-order valence-electron chi connectivity index (χ0n) is 15.3. The lowest BCUT2D eigenvalue weighted by Gasteiger charge is -2.34. The van der Waals surface area contributed by atoms with Gasteiger partial charge >= 0.3 is 0 Å². The fourth-order valence-corrected chi connectivity index (χ4v) is 4.24. The van der Waals surface area contributed by atoms with E-state index < -0.39 is 0 Å². The van der Waals surface area contributed by atoms with Gasteiger partial charge < -0.3 is 4.90 Å². The van der Waals surface area contributed by atoms with Crippen molar-refractivity contribution in [3.8, 4) is 0 Å². The van der Waals surface area contributed by atoms with Crippen LogP contribution in [0, 0.1) is 0 Å². The molecule has 2 aromatic carbocycles. The number of carbonyl (C=O) groups is 1. The van der Waals surface area contributed by atoms with Crippen LogP contribution < -0.4 is 0 Å². The van der Waals surface area contributed by atoms with E-state index in [2.05, 4.69) is 52.3 Å². The van der Waals surface area contributed by atoms with Gasteiger partial charge in [-0.2, -0.15) is 0 Å². The SMILES string of the molecule is O=C(CSc1ccc2ccccc2c1)N1CCN(Cc2ccncc2)CC1. The van der Waals surface area contributed by atoms with Gasteiger partial charge in [0.15, 0.2) is 0 Å². The molecule has 1 aliphatic rings. The molecule has 2 heterocycles. The smallest absolute Gasteiger partial charge is 0.233 e. The summed E-state index contributed by atoms with van der Waals surface area (Å²) in [5.74, 6) is 0.736. The van der Waals surface area contributed by atoms with Gasteiger partial charge in [0, 0.05) is 50.0 Å². The normalized spacial score (nSPS) is 15.2. The second-order valence-corrected chi connectivity index (χ2v) is 7.86. The van der Waals surface area contributed by atoms with Gasteiger partial charge in [-0.1, -0.05) is 30.3 Å². The molecule has 4 rings (SSSR count). The van der Waals surface area contributed by atoms with Gasteiger partial charge in [0.25, 0.3) is 0 Å². The Bertz CT molecular complexity index is 908. The van der Waals surface area contributed by atoms with E-state index in [-0.39, 0.29) is 5.91 Å². The molecule has 1 fully saturated rings. The molecular formula is C22H23N3OS. The van der Waals surface area contributed by atoms with E-state index in [9.17, 15) is 4.79 Å². The lowest BCUT2D eigenvalue weighted by molar-refractivity contribution is -0.130. The number of fused-ring (bicyclic) bond motifs is 1. The Morgan fingerprint density at radius 3 is 2.44 bits per heavy atom. The minimum Gasteiger partial charge on any atom is -0.339 e. The van der Waals surface area contributed by atoms with Gasteiger partial charge in [-0.05, 0) is 40.6 Å². The minimum absolute atomic E-state index is 0.233. The number of nitrogens with zero attached hydrogens (tertiary/aromatic N) is 3. The van der Waals surface area contributed by atoms with Gasteiger partial charge in [0.1, 0.15) is 0 Å². The second kappa shape index (κ2) is 8.55. The van der Waals surface area contributed by atoms with Crippen LogP contribution in [0.15, 0.2) is 71.9 Å². The van der Waals surface area contributed by atoms with Gasteiger partial charge in [-0.3, -0.25) is 14.7 Å². The summed E-state index contributed by atoms with van der Waals surface area (Å²) in [7, 11) is 0. The topological polar surface area (TPSA) is 36.4 Å².